The number of amides is 2. The van der Waals surface area contributed by atoms with Crippen LogP contribution < -0.4 is 10.6 Å². The van der Waals surface area contributed by atoms with Crippen molar-refractivity contribution in [2.75, 3.05) is 0 Å². The zero-order valence-corrected chi connectivity index (χ0v) is 22.8. The Hall–Kier alpha value is -4.20. The van der Waals surface area contributed by atoms with Crippen LogP contribution in [0.1, 0.15) is 65.3 Å². The molecule has 4 rings (SSSR count). The molecule has 2 atom stereocenters. The highest BCUT2D eigenvalue weighted by atomic mass is 16.1. The van der Waals surface area contributed by atoms with Crippen molar-refractivity contribution in [3.05, 3.63) is 72.6 Å². The number of carbonyl (C=O) groups is 2. The largest absolute Gasteiger partial charge is 0.348 e. The second-order valence-electron chi connectivity index (χ2n) is 11.7. The van der Waals surface area contributed by atoms with E-state index in [9.17, 15) is 9.59 Å². The SMILES string of the molecule is CC(C)(C)C(NC=O)c1nc(-c2ccc(-c3ccc(-c4c[nH]c(C(NC=O)C(C)(C)C)n4)cc3)cc2)c[nH]1. The lowest BCUT2D eigenvalue weighted by Gasteiger charge is -2.28. The number of carbonyl (C=O) groups excluding carboxylic acids is 2. The first-order valence-corrected chi connectivity index (χ1v) is 12.7. The summed E-state index contributed by atoms with van der Waals surface area (Å²) in [4.78, 5) is 38.1. The van der Waals surface area contributed by atoms with Gasteiger partial charge in [-0.25, -0.2) is 9.97 Å². The van der Waals surface area contributed by atoms with E-state index in [4.69, 9.17) is 9.97 Å². The Morgan fingerprint density at radius 2 is 0.921 bits per heavy atom. The van der Waals surface area contributed by atoms with Crippen molar-refractivity contribution in [1.29, 1.82) is 0 Å². The Labute approximate surface area is 223 Å². The number of aromatic nitrogens is 4. The highest BCUT2D eigenvalue weighted by molar-refractivity contribution is 5.71. The molecule has 0 spiro atoms. The first-order valence-electron chi connectivity index (χ1n) is 12.7. The minimum absolute atomic E-state index is 0.176. The van der Waals surface area contributed by atoms with Crippen LogP contribution in [0.25, 0.3) is 33.6 Å². The first kappa shape index (κ1) is 26.9. The van der Waals surface area contributed by atoms with E-state index in [1.165, 1.54) is 0 Å². The third kappa shape index (κ3) is 5.85. The van der Waals surface area contributed by atoms with Crippen LogP contribution in [0, 0.1) is 10.8 Å². The van der Waals surface area contributed by atoms with Gasteiger partial charge in [0.15, 0.2) is 0 Å². The van der Waals surface area contributed by atoms with Crippen LogP contribution in [-0.2, 0) is 9.59 Å². The molecule has 4 N–H and O–H groups in total. The average Bonchev–Trinajstić information content (AvgIpc) is 3.55. The maximum Gasteiger partial charge on any atom is 0.207 e. The molecule has 0 saturated carbocycles. The normalized spacial score (nSPS) is 13.5. The fourth-order valence-corrected chi connectivity index (χ4v) is 4.55. The fourth-order valence-electron chi connectivity index (χ4n) is 4.55. The molecule has 0 aliphatic carbocycles. The summed E-state index contributed by atoms with van der Waals surface area (Å²) >= 11 is 0. The standard InChI is InChI=1S/C30H36N6O2/c1-29(2,3)25(33-17-37)27-31-15-23(35-27)21-11-7-19(8-12-21)20-9-13-22(14-10-20)24-16-32-28(36-24)26(34-18-38)30(4,5)6/h7-18,25-26H,1-6H3,(H,31,35)(H,32,36)(H,33,37)(H,34,38). The summed E-state index contributed by atoms with van der Waals surface area (Å²) in [6.07, 6.45) is 5.18. The minimum atomic E-state index is -0.210. The topological polar surface area (TPSA) is 116 Å². The lowest BCUT2D eigenvalue weighted by Crippen LogP contribution is -2.32. The van der Waals surface area contributed by atoms with Gasteiger partial charge in [0.05, 0.1) is 23.5 Å². The Kier molecular flexibility index (Phi) is 7.53. The highest BCUT2D eigenvalue weighted by Crippen LogP contribution is 2.34. The van der Waals surface area contributed by atoms with Crippen LogP contribution in [0.15, 0.2) is 60.9 Å². The maximum absolute atomic E-state index is 11.1. The van der Waals surface area contributed by atoms with Crippen LogP contribution in [-0.4, -0.2) is 32.8 Å². The predicted octanol–water partition coefficient (Wildman–Crippen LogP) is 5.80. The number of benzene rings is 2. The average molecular weight is 513 g/mol. The van der Waals surface area contributed by atoms with Gasteiger partial charge in [-0.3, -0.25) is 9.59 Å². The van der Waals surface area contributed by atoms with E-state index in [0.29, 0.717) is 0 Å². The Morgan fingerprint density at radius 3 is 1.21 bits per heavy atom. The number of imidazole rings is 2. The summed E-state index contributed by atoms with van der Waals surface area (Å²) in [6, 6.07) is 16.1. The molecule has 0 aliphatic rings. The molecule has 38 heavy (non-hydrogen) atoms. The molecule has 2 aromatic carbocycles. The summed E-state index contributed by atoms with van der Waals surface area (Å²) < 4.78 is 0. The van der Waals surface area contributed by atoms with Gasteiger partial charge >= 0.3 is 0 Å². The van der Waals surface area contributed by atoms with E-state index in [2.05, 4.69) is 111 Å². The van der Waals surface area contributed by atoms with E-state index in [1.807, 2.05) is 12.4 Å². The highest BCUT2D eigenvalue weighted by Gasteiger charge is 2.29. The second kappa shape index (κ2) is 10.7. The van der Waals surface area contributed by atoms with Crippen molar-refractivity contribution in [3.8, 4) is 33.6 Å². The van der Waals surface area contributed by atoms with Gasteiger partial charge in [0.2, 0.25) is 12.8 Å². The third-order valence-electron chi connectivity index (χ3n) is 6.64. The van der Waals surface area contributed by atoms with E-state index >= 15 is 0 Å². The van der Waals surface area contributed by atoms with Crippen molar-refractivity contribution in [1.82, 2.24) is 30.6 Å². The molecule has 8 nitrogen and oxygen atoms in total. The molecular formula is C30H36N6O2. The van der Waals surface area contributed by atoms with Gasteiger partial charge in [-0.05, 0) is 22.0 Å². The van der Waals surface area contributed by atoms with Crippen molar-refractivity contribution in [2.45, 2.75) is 53.6 Å². The van der Waals surface area contributed by atoms with E-state index < -0.39 is 0 Å². The molecule has 2 unspecified atom stereocenters. The quantitative estimate of drug-likeness (QED) is 0.212. The molecule has 198 valence electrons. The maximum atomic E-state index is 11.1. The second-order valence-corrected chi connectivity index (χ2v) is 11.7. The zero-order chi connectivity index (χ0) is 27.5. The van der Waals surface area contributed by atoms with Gasteiger partial charge < -0.3 is 20.6 Å². The number of nitrogens with zero attached hydrogens (tertiary/aromatic N) is 2. The van der Waals surface area contributed by atoms with Crippen LogP contribution >= 0.6 is 0 Å². The summed E-state index contributed by atoms with van der Waals surface area (Å²) in [5.41, 5.74) is 5.48. The summed E-state index contributed by atoms with van der Waals surface area (Å²) in [7, 11) is 0. The lowest BCUT2D eigenvalue weighted by atomic mass is 9.86. The summed E-state index contributed by atoms with van der Waals surface area (Å²) in [5.74, 6) is 1.47. The number of rotatable bonds is 9. The van der Waals surface area contributed by atoms with Crippen LogP contribution in [0.3, 0.4) is 0 Å². The van der Waals surface area contributed by atoms with Crippen molar-refractivity contribution >= 4 is 12.8 Å². The van der Waals surface area contributed by atoms with Gasteiger partial charge in [0.25, 0.3) is 0 Å². The third-order valence-corrected chi connectivity index (χ3v) is 6.64. The smallest absolute Gasteiger partial charge is 0.207 e. The zero-order valence-electron chi connectivity index (χ0n) is 22.8. The van der Waals surface area contributed by atoms with Crippen LogP contribution in [0.5, 0.6) is 0 Å². The first-order chi connectivity index (χ1) is 18.0. The number of hydrogen-bond acceptors (Lipinski definition) is 4. The number of hydrogen-bond donors (Lipinski definition) is 4. The van der Waals surface area contributed by atoms with Gasteiger partial charge in [-0.2, -0.15) is 0 Å². The molecule has 0 bridgehead atoms. The van der Waals surface area contributed by atoms with Crippen molar-refractivity contribution < 1.29 is 9.59 Å². The lowest BCUT2D eigenvalue weighted by molar-refractivity contribution is -0.111. The molecule has 8 heteroatoms. The Morgan fingerprint density at radius 1 is 0.605 bits per heavy atom. The monoisotopic (exact) mass is 512 g/mol. The van der Waals surface area contributed by atoms with E-state index in [-0.39, 0.29) is 22.9 Å². The predicted molar refractivity (Wildman–Crippen MR) is 150 cm³/mol. The molecule has 0 aliphatic heterocycles. The summed E-state index contributed by atoms with van der Waals surface area (Å²) in [6.45, 7) is 12.4. The molecule has 4 aromatic rings. The van der Waals surface area contributed by atoms with Crippen LogP contribution in [0.4, 0.5) is 0 Å². The van der Waals surface area contributed by atoms with Crippen LogP contribution in [0.2, 0.25) is 0 Å². The molecule has 0 fully saturated rings. The Balaban J connectivity index is 1.50. The molecule has 0 radical (unpaired) electrons. The minimum Gasteiger partial charge on any atom is -0.348 e. The van der Waals surface area contributed by atoms with Crippen molar-refractivity contribution in [2.24, 2.45) is 10.8 Å². The summed E-state index contributed by atoms with van der Waals surface area (Å²) in [5, 5.41) is 5.74. The number of H-pyrrole nitrogens is 2. The van der Waals surface area contributed by atoms with E-state index in [1.54, 1.807) is 0 Å². The molecule has 2 heterocycles. The van der Waals surface area contributed by atoms with E-state index in [0.717, 1.165) is 58.1 Å². The van der Waals surface area contributed by atoms with Gasteiger partial charge in [-0.15, -0.1) is 0 Å². The Bertz CT molecular complexity index is 1260. The molecule has 0 saturated heterocycles. The van der Waals surface area contributed by atoms with Gasteiger partial charge in [0.1, 0.15) is 11.6 Å². The molecule has 2 amide bonds. The molecular weight excluding hydrogens is 476 g/mol. The molecule has 2 aromatic heterocycles. The fraction of sp³-hybridized carbons (Fsp3) is 0.333. The number of aromatic amines is 2. The van der Waals surface area contributed by atoms with Gasteiger partial charge in [-0.1, -0.05) is 90.1 Å². The van der Waals surface area contributed by atoms with Crippen molar-refractivity contribution in [3.63, 3.8) is 0 Å². The number of nitrogens with one attached hydrogen (secondary N) is 4. The van der Waals surface area contributed by atoms with Gasteiger partial charge in [0, 0.05) is 23.5 Å².